The van der Waals surface area contributed by atoms with E-state index in [1.54, 1.807) is 7.11 Å². The van der Waals surface area contributed by atoms with E-state index in [1.165, 1.54) is 0 Å². The first-order valence-electron chi connectivity index (χ1n) is 6.44. The van der Waals surface area contributed by atoms with Crippen molar-refractivity contribution >= 4 is 11.6 Å². The Morgan fingerprint density at radius 3 is 2.79 bits per heavy atom. The number of ether oxygens (including phenoxy) is 1. The summed E-state index contributed by atoms with van der Waals surface area (Å²) >= 11 is 0. The molecule has 0 aliphatic heterocycles. The van der Waals surface area contributed by atoms with Gasteiger partial charge in [0.15, 0.2) is 0 Å². The molecular weight excluding hydrogens is 242 g/mol. The second-order valence-corrected chi connectivity index (χ2v) is 4.82. The van der Waals surface area contributed by atoms with Crippen molar-refractivity contribution in [1.82, 2.24) is 19.3 Å². The van der Waals surface area contributed by atoms with E-state index in [4.69, 9.17) is 4.74 Å². The van der Waals surface area contributed by atoms with Crippen LogP contribution in [-0.2, 0) is 11.3 Å². The first kappa shape index (κ1) is 13.6. The van der Waals surface area contributed by atoms with Gasteiger partial charge in [0.05, 0.1) is 24.2 Å². The molecule has 6 heteroatoms. The standard InChI is InChI=1S/C13H21N5O/c1-10(2)18-9-12(7-14-18)16-13-15-11(3)8-17(13)5-6-19-4/h7-10H,5-6H2,1-4H3,(H,15,16). The molecule has 0 unspecified atom stereocenters. The minimum absolute atomic E-state index is 0.352. The van der Waals surface area contributed by atoms with E-state index in [-0.39, 0.29) is 0 Å². The van der Waals surface area contributed by atoms with Crippen molar-refractivity contribution in [2.75, 3.05) is 19.0 Å². The van der Waals surface area contributed by atoms with Crippen molar-refractivity contribution in [3.8, 4) is 0 Å². The summed E-state index contributed by atoms with van der Waals surface area (Å²) in [4.78, 5) is 4.47. The summed E-state index contributed by atoms with van der Waals surface area (Å²) < 4.78 is 9.06. The molecule has 2 heterocycles. The van der Waals surface area contributed by atoms with Crippen LogP contribution in [0.5, 0.6) is 0 Å². The van der Waals surface area contributed by atoms with E-state index in [2.05, 4.69) is 29.2 Å². The maximum Gasteiger partial charge on any atom is 0.207 e. The number of anilines is 2. The lowest BCUT2D eigenvalue weighted by Crippen LogP contribution is -2.07. The maximum absolute atomic E-state index is 5.10. The van der Waals surface area contributed by atoms with E-state index < -0.39 is 0 Å². The number of nitrogens with zero attached hydrogens (tertiary/aromatic N) is 4. The van der Waals surface area contributed by atoms with Gasteiger partial charge in [-0.2, -0.15) is 5.10 Å². The first-order chi connectivity index (χ1) is 9.10. The van der Waals surface area contributed by atoms with Crippen LogP contribution in [0.2, 0.25) is 0 Å². The fourth-order valence-electron chi connectivity index (χ4n) is 1.82. The van der Waals surface area contributed by atoms with Crippen LogP contribution in [0.1, 0.15) is 25.6 Å². The van der Waals surface area contributed by atoms with Crippen molar-refractivity contribution in [2.24, 2.45) is 0 Å². The summed E-state index contributed by atoms with van der Waals surface area (Å²) in [6.45, 7) is 7.61. The Balaban J connectivity index is 2.12. The Morgan fingerprint density at radius 1 is 1.37 bits per heavy atom. The Bertz CT molecular complexity index is 529. The molecule has 1 N–H and O–H groups in total. The summed E-state index contributed by atoms with van der Waals surface area (Å²) in [5.41, 5.74) is 1.92. The molecule has 0 radical (unpaired) electrons. The molecule has 0 fully saturated rings. The average molecular weight is 263 g/mol. The third-order valence-corrected chi connectivity index (χ3v) is 2.82. The lowest BCUT2D eigenvalue weighted by atomic mass is 10.4. The molecule has 0 aromatic carbocycles. The molecule has 19 heavy (non-hydrogen) atoms. The van der Waals surface area contributed by atoms with Gasteiger partial charge in [-0.1, -0.05) is 0 Å². The van der Waals surface area contributed by atoms with Crippen LogP contribution in [0.4, 0.5) is 11.6 Å². The summed E-state index contributed by atoms with van der Waals surface area (Å²) in [7, 11) is 1.70. The molecule has 0 spiro atoms. The fraction of sp³-hybridized carbons (Fsp3) is 0.538. The summed E-state index contributed by atoms with van der Waals surface area (Å²) in [6.07, 6.45) is 5.80. The average Bonchev–Trinajstić information content (AvgIpc) is 2.94. The Labute approximate surface area is 113 Å². The number of nitrogens with one attached hydrogen (secondary N) is 1. The topological polar surface area (TPSA) is 56.9 Å². The van der Waals surface area contributed by atoms with Gasteiger partial charge >= 0.3 is 0 Å². The maximum atomic E-state index is 5.10. The highest BCUT2D eigenvalue weighted by atomic mass is 16.5. The van der Waals surface area contributed by atoms with Crippen molar-refractivity contribution in [3.63, 3.8) is 0 Å². The molecule has 0 saturated carbocycles. The Morgan fingerprint density at radius 2 is 2.16 bits per heavy atom. The van der Waals surface area contributed by atoms with Gasteiger partial charge in [-0.3, -0.25) is 4.68 Å². The van der Waals surface area contributed by atoms with Gasteiger partial charge in [-0.25, -0.2) is 4.98 Å². The predicted octanol–water partition coefficient (Wildman–Crippen LogP) is 2.36. The number of aryl methyl sites for hydroxylation is 1. The second-order valence-electron chi connectivity index (χ2n) is 4.82. The zero-order valence-electron chi connectivity index (χ0n) is 11.9. The van der Waals surface area contributed by atoms with Gasteiger partial charge in [0.2, 0.25) is 5.95 Å². The number of methoxy groups -OCH3 is 1. The third-order valence-electron chi connectivity index (χ3n) is 2.82. The molecule has 6 nitrogen and oxygen atoms in total. The molecule has 0 atom stereocenters. The fourth-order valence-corrected chi connectivity index (χ4v) is 1.82. The van der Waals surface area contributed by atoms with Crippen molar-refractivity contribution in [1.29, 1.82) is 0 Å². The quantitative estimate of drug-likeness (QED) is 0.869. The molecule has 0 aliphatic rings. The number of rotatable bonds is 6. The lowest BCUT2D eigenvalue weighted by Gasteiger charge is -2.07. The van der Waals surface area contributed by atoms with Crippen molar-refractivity contribution in [2.45, 2.75) is 33.4 Å². The van der Waals surface area contributed by atoms with E-state index in [1.807, 2.05) is 34.8 Å². The van der Waals surface area contributed by atoms with Crippen LogP contribution in [0.25, 0.3) is 0 Å². The molecule has 2 aromatic rings. The van der Waals surface area contributed by atoms with E-state index in [0.29, 0.717) is 12.6 Å². The van der Waals surface area contributed by atoms with E-state index >= 15 is 0 Å². The van der Waals surface area contributed by atoms with Crippen LogP contribution in [0.15, 0.2) is 18.6 Å². The van der Waals surface area contributed by atoms with Crippen LogP contribution >= 0.6 is 0 Å². The van der Waals surface area contributed by atoms with Gasteiger partial charge in [0.1, 0.15) is 0 Å². The molecule has 2 rings (SSSR count). The molecule has 0 bridgehead atoms. The number of hydrogen-bond acceptors (Lipinski definition) is 4. The zero-order chi connectivity index (χ0) is 13.8. The van der Waals surface area contributed by atoms with Crippen molar-refractivity contribution in [3.05, 3.63) is 24.3 Å². The molecule has 104 valence electrons. The number of aromatic nitrogens is 4. The van der Waals surface area contributed by atoms with Crippen LogP contribution in [-0.4, -0.2) is 33.0 Å². The predicted molar refractivity (Wildman–Crippen MR) is 74.7 cm³/mol. The summed E-state index contributed by atoms with van der Waals surface area (Å²) in [5.74, 6) is 0.817. The molecule has 0 saturated heterocycles. The van der Waals surface area contributed by atoms with Crippen molar-refractivity contribution < 1.29 is 4.74 Å². The minimum Gasteiger partial charge on any atom is -0.383 e. The summed E-state index contributed by atoms with van der Waals surface area (Å²) in [5, 5.41) is 7.59. The normalized spacial score (nSPS) is 11.2. The smallest absolute Gasteiger partial charge is 0.207 e. The highest BCUT2D eigenvalue weighted by Crippen LogP contribution is 2.17. The highest BCUT2D eigenvalue weighted by molar-refractivity contribution is 5.51. The summed E-state index contributed by atoms with van der Waals surface area (Å²) in [6, 6.07) is 0.352. The Kier molecular flexibility index (Phi) is 4.21. The first-order valence-corrected chi connectivity index (χ1v) is 6.44. The van der Waals surface area contributed by atoms with Gasteiger partial charge in [0.25, 0.3) is 0 Å². The highest BCUT2D eigenvalue weighted by Gasteiger charge is 2.08. The minimum atomic E-state index is 0.352. The SMILES string of the molecule is COCCn1cc(C)nc1Nc1cnn(C(C)C)c1. The van der Waals surface area contributed by atoms with Crippen LogP contribution in [0, 0.1) is 6.92 Å². The van der Waals surface area contributed by atoms with Crippen LogP contribution < -0.4 is 5.32 Å². The molecule has 0 amide bonds. The van der Waals surface area contributed by atoms with E-state index in [9.17, 15) is 0 Å². The van der Waals surface area contributed by atoms with Crippen LogP contribution in [0.3, 0.4) is 0 Å². The molecular formula is C13H21N5O. The van der Waals surface area contributed by atoms with Gasteiger partial charge in [-0.05, 0) is 20.8 Å². The van der Waals surface area contributed by atoms with E-state index in [0.717, 1.165) is 23.9 Å². The Hall–Kier alpha value is -1.82. The lowest BCUT2D eigenvalue weighted by molar-refractivity contribution is 0.188. The molecule has 2 aromatic heterocycles. The van der Waals surface area contributed by atoms with Gasteiger partial charge in [-0.15, -0.1) is 0 Å². The second kappa shape index (κ2) is 5.88. The third kappa shape index (κ3) is 3.35. The number of hydrogen-bond donors (Lipinski definition) is 1. The largest absolute Gasteiger partial charge is 0.383 e. The monoisotopic (exact) mass is 263 g/mol. The molecule has 0 aliphatic carbocycles. The number of imidazole rings is 1. The zero-order valence-corrected chi connectivity index (χ0v) is 11.9. The van der Waals surface area contributed by atoms with Gasteiger partial charge in [0, 0.05) is 32.1 Å². The van der Waals surface area contributed by atoms with Gasteiger partial charge < -0.3 is 14.6 Å².